The maximum absolute atomic E-state index is 13.6. The van der Waals surface area contributed by atoms with Crippen molar-refractivity contribution in [2.24, 2.45) is 11.8 Å². The molecule has 2 aromatic rings. The molecule has 0 saturated carbocycles. The fourth-order valence-electron chi connectivity index (χ4n) is 4.74. The van der Waals surface area contributed by atoms with Gasteiger partial charge >= 0.3 is 19.5 Å². The van der Waals surface area contributed by atoms with Gasteiger partial charge in [-0.15, -0.1) is 0 Å². The van der Waals surface area contributed by atoms with Crippen molar-refractivity contribution < 1.29 is 47.1 Å². The van der Waals surface area contributed by atoms with Crippen LogP contribution < -0.4 is 23.8 Å². The van der Waals surface area contributed by atoms with Gasteiger partial charge < -0.3 is 32.9 Å². The van der Waals surface area contributed by atoms with E-state index in [-0.39, 0.29) is 36.5 Å². The van der Waals surface area contributed by atoms with Gasteiger partial charge in [0.15, 0.2) is 23.0 Å². The minimum atomic E-state index is -3.69. The van der Waals surface area contributed by atoms with Gasteiger partial charge in [-0.1, -0.05) is 25.5 Å². The number of carbonyl (C=O) groups is 2. The molecule has 1 unspecified atom stereocenters. The zero-order chi connectivity index (χ0) is 30.7. The van der Waals surface area contributed by atoms with E-state index < -0.39 is 19.5 Å². The molecule has 12 heteroatoms. The van der Waals surface area contributed by atoms with Crippen molar-refractivity contribution in [2.75, 3.05) is 48.0 Å². The molecule has 1 saturated heterocycles. The number of rotatable bonds is 17. The first-order valence-corrected chi connectivity index (χ1v) is 15.7. The van der Waals surface area contributed by atoms with E-state index in [1.54, 1.807) is 39.3 Å². The number of methoxy groups -OCH3 is 4. The maximum atomic E-state index is 13.6. The number of ether oxygens (including phenoxy) is 6. The molecule has 2 aromatic carbocycles. The van der Waals surface area contributed by atoms with E-state index in [9.17, 15) is 14.2 Å². The molecule has 1 N–H and O–H groups in total. The summed E-state index contributed by atoms with van der Waals surface area (Å²) in [4.78, 5) is 25.0. The third-order valence-electron chi connectivity index (χ3n) is 6.97. The predicted octanol–water partition coefficient (Wildman–Crippen LogP) is 4.78. The highest BCUT2D eigenvalue weighted by Crippen LogP contribution is 2.47. The lowest BCUT2D eigenvalue weighted by atomic mass is 9.85. The van der Waals surface area contributed by atoms with Gasteiger partial charge in [-0.2, -0.15) is 0 Å². The Bertz CT molecular complexity index is 1250. The predicted molar refractivity (Wildman–Crippen MR) is 156 cm³/mol. The van der Waals surface area contributed by atoms with Gasteiger partial charge in [0.25, 0.3) is 0 Å². The first-order chi connectivity index (χ1) is 20.2. The fraction of sp³-hybridized carbons (Fsp3) is 0.533. The SMILES string of the molecule is CCCCOC(=O)[C@H](C)NP(=O)(COC)Oc1ccc(C[C@H]2C(=O)OC[C@@H]2Cc2ccc(OC)c(OC)c2)cc1OC. The van der Waals surface area contributed by atoms with Crippen molar-refractivity contribution in [3.05, 3.63) is 47.5 Å². The molecule has 4 atom stereocenters. The zero-order valence-corrected chi connectivity index (χ0v) is 26.1. The molecule has 3 rings (SSSR count). The Hall–Kier alpha value is -3.27. The summed E-state index contributed by atoms with van der Waals surface area (Å²) in [5.74, 6) is 0.601. The summed E-state index contributed by atoms with van der Waals surface area (Å²) in [6.45, 7) is 4.16. The molecule has 42 heavy (non-hydrogen) atoms. The lowest BCUT2D eigenvalue weighted by Gasteiger charge is -2.24. The van der Waals surface area contributed by atoms with Gasteiger partial charge in [0.05, 0.1) is 40.5 Å². The smallest absolute Gasteiger partial charge is 0.342 e. The van der Waals surface area contributed by atoms with Gasteiger partial charge in [-0.05, 0) is 61.6 Å². The van der Waals surface area contributed by atoms with E-state index in [2.05, 4.69) is 5.09 Å². The highest BCUT2D eigenvalue weighted by atomic mass is 31.2. The number of hydrogen-bond donors (Lipinski definition) is 1. The molecule has 0 aliphatic carbocycles. The Morgan fingerprint density at radius 1 is 0.976 bits per heavy atom. The molecule has 1 aliphatic rings. The zero-order valence-electron chi connectivity index (χ0n) is 25.2. The van der Waals surface area contributed by atoms with Crippen molar-refractivity contribution in [2.45, 2.75) is 45.6 Å². The van der Waals surface area contributed by atoms with E-state index in [0.29, 0.717) is 36.7 Å². The van der Waals surface area contributed by atoms with Crippen LogP contribution in [0.1, 0.15) is 37.8 Å². The molecule has 0 radical (unpaired) electrons. The average Bonchev–Trinajstić information content (AvgIpc) is 3.31. The first kappa shape index (κ1) is 33.2. The summed E-state index contributed by atoms with van der Waals surface area (Å²) < 4.78 is 51.6. The van der Waals surface area contributed by atoms with Gasteiger partial charge in [-0.25, -0.2) is 5.09 Å². The third-order valence-corrected chi connectivity index (χ3v) is 8.84. The monoisotopic (exact) mass is 607 g/mol. The lowest BCUT2D eigenvalue weighted by Crippen LogP contribution is -2.35. The van der Waals surface area contributed by atoms with Crippen molar-refractivity contribution in [3.63, 3.8) is 0 Å². The van der Waals surface area contributed by atoms with E-state index in [0.717, 1.165) is 24.0 Å². The third kappa shape index (κ3) is 8.86. The molecule has 0 bridgehead atoms. The second kappa shape index (κ2) is 15.8. The summed E-state index contributed by atoms with van der Waals surface area (Å²) in [6.07, 6.45) is 2.39. The summed E-state index contributed by atoms with van der Waals surface area (Å²) in [5.41, 5.74) is 1.83. The number of unbranched alkanes of at least 4 members (excludes halogenated alkanes) is 1. The Morgan fingerprint density at radius 2 is 1.60 bits per heavy atom. The average molecular weight is 608 g/mol. The quantitative estimate of drug-likeness (QED) is 0.152. The van der Waals surface area contributed by atoms with E-state index in [1.807, 2.05) is 25.1 Å². The van der Waals surface area contributed by atoms with Crippen molar-refractivity contribution >= 4 is 19.5 Å². The van der Waals surface area contributed by atoms with Crippen LogP contribution in [0.15, 0.2) is 36.4 Å². The van der Waals surface area contributed by atoms with Gasteiger partial charge in [0, 0.05) is 13.0 Å². The first-order valence-electron chi connectivity index (χ1n) is 13.9. The van der Waals surface area contributed by atoms with Crippen LogP contribution in [0.5, 0.6) is 23.0 Å². The van der Waals surface area contributed by atoms with E-state index in [4.69, 9.17) is 32.9 Å². The largest absolute Gasteiger partial charge is 0.493 e. The minimum Gasteiger partial charge on any atom is -0.493 e. The van der Waals surface area contributed by atoms with Crippen LogP contribution >= 0.6 is 7.52 Å². The van der Waals surface area contributed by atoms with E-state index in [1.165, 1.54) is 14.2 Å². The normalized spacial score (nSPS) is 18.5. The van der Waals surface area contributed by atoms with Crippen LogP contribution in [0.2, 0.25) is 0 Å². The Morgan fingerprint density at radius 3 is 2.21 bits per heavy atom. The topological polar surface area (TPSA) is 128 Å². The van der Waals surface area contributed by atoms with Crippen LogP contribution in [-0.2, 0) is 41.2 Å². The van der Waals surface area contributed by atoms with Crippen LogP contribution in [0.4, 0.5) is 0 Å². The van der Waals surface area contributed by atoms with Crippen molar-refractivity contribution in [3.8, 4) is 23.0 Å². The second-order valence-electron chi connectivity index (χ2n) is 10.1. The molecule has 0 aromatic heterocycles. The number of benzene rings is 2. The molecular formula is C30H42NO10P. The van der Waals surface area contributed by atoms with Gasteiger partial charge in [0.2, 0.25) is 0 Å². The number of cyclic esters (lactones) is 1. The van der Waals surface area contributed by atoms with Crippen molar-refractivity contribution in [1.82, 2.24) is 5.09 Å². The van der Waals surface area contributed by atoms with Crippen LogP contribution in [0.3, 0.4) is 0 Å². The molecule has 11 nitrogen and oxygen atoms in total. The van der Waals surface area contributed by atoms with Crippen LogP contribution in [0.25, 0.3) is 0 Å². The summed E-state index contributed by atoms with van der Waals surface area (Å²) >= 11 is 0. The molecule has 1 fully saturated rings. The number of hydrogen-bond acceptors (Lipinski definition) is 10. The Kier molecular flexibility index (Phi) is 12.5. The molecule has 1 heterocycles. The molecule has 0 spiro atoms. The summed E-state index contributed by atoms with van der Waals surface area (Å²) in [7, 11) is 2.34. The Balaban J connectivity index is 1.73. The van der Waals surface area contributed by atoms with Gasteiger partial charge in [-0.3, -0.25) is 14.2 Å². The summed E-state index contributed by atoms with van der Waals surface area (Å²) in [6, 6.07) is 9.98. The Labute approximate surface area is 247 Å². The van der Waals surface area contributed by atoms with Gasteiger partial charge in [0.1, 0.15) is 12.4 Å². The summed E-state index contributed by atoms with van der Waals surface area (Å²) in [5, 5.41) is 2.74. The lowest BCUT2D eigenvalue weighted by molar-refractivity contribution is -0.145. The molecule has 0 amide bonds. The fourth-order valence-corrected chi connectivity index (χ4v) is 6.43. The van der Waals surface area contributed by atoms with E-state index >= 15 is 0 Å². The standard InChI is InChI=1S/C30H42NO10P/c1-7-8-13-39-29(32)20(2)31-42(34,19-35-3)41-26-12-10-22(17-28(26)38-6)15-24-23(18-40-30(24)33)14-21-9-11-25(36-4)27(16-21)37-5/h9-12,16-17,20,23-24H,7-8,13-15,18-19H2,1-6H3,(H,31,34)/t20-,23-,24+,42?/m0/s1. The number of carbonyl (C=O) groups excluding carboxylic acids is 2. The van der Waals surface area contributed by atoms with Crippen LogP contribution in [-0.4, -0.2) is 66.0 Å². The highest BCUT2D eigenvalue weighted by Gasteiger charge is 2.37. The molecular weight excluding hydrogens is 565 g/mol. The molecule has 232 valence electrons. The minimum absolute atomic E-state index is 0.0396. The second-order valence-corrected chi connectivity index (χ2v) is 12.2. The van der Waals surface area contributed by atoms with Crippen molar-refractivity contribution in [1.29, 1.82) is 0 Å². The molecule has 1 aliphatic heterocycles. The number of esters is 2. The maximum Gasteiger partial charge on any atom is 0.342 e. The highest BCUT2D eigenvalue weighted by molar-refractivity contribution is 7.57. The number of nitrogens with one attached hydrogen (secondary N) is 1. The van der Waals surface area contributed by atoms with Crippen LogP contribution in [0, 0.1) is 11.8 Å².